The number of rotatable bonds is 5. The van der Waals surface area contributed by atoms with Crippen LogP contribution in [-0.2, 0) is 11.2 Å². The molecule has 2 heteroatoms. The molecule has 0 aromatic heterocycles. The first-order valence-corrected chi connectivity index (χ1v) is 7.05. The second-order valence-corrected chi connectivity index (χ2v) is 5.75. The fourth-order valence-electron chi connectivity index (χ4n) is 2.70. The van der Waals surface area contributed by atoms with Crippen LogP contribution >= 0.6 is 0 Å². The van der Waals surface area contributed by atoms with Gasteiger partial charge in [0.15, 0.2) is 0 Å². The van der Waals surface area contributed by atoms with Crippen molar-refractivity contribution >= 4 is 5.69 Å². The Morgan fingerprint density at radius 3 is 2.72 bits per heavy atom. The molecule has 1 aliphatic carbocycles. The molecular formula is C16H25NO. The molecule has 0 bridgehead atoms. The smallest absolute Gasteiger partial charge is 0.0665 e. The van der Waals surface area contributed by atoms with E-state index in [0.717, 1.165) is 19.4 Å². The predicted molar refractivity (Wildman–Crippen MR) is 77.0 cm³/mol. The van der Waals surface area contributed by atoms with Crippen LogP contribution in [0.15, 0.2) is 24.3 Å². The van der Waals surface area contributed by atoms with E-state index in [1.54, 1.807) is 0 Å². The quantitative estimate of drug-likeness (QED) is 0.853. The Kier molecular flexibility index (Phi) is 3.96. The third-order valence-corrected chi connectivity index (χ3v) is 4.22. The highest BCUT2D eigenvalue weighted by Crippen LogP contribution is 2.44. The van der Waals surface area contributed by atoms with Gasteiger partial charge in [0.1, 0.15) is 0 Å². The topological polar surface area (TPSA) is 21.3 Å². The largest absolute Gasteiger partial charge is 0.382 e. The number of aryl methyl sites for hydroxylation is 1. The van der Waals surface area contributed by atoms with Crippen molar-refractivity contribution in [3.8, 4) is 0 Å². The summed E-state index contributed by atoms with van der Waals surface area (Å²) in [6.45, 7) is 9.65. The lowest BCUT2D eigenvalue weighted by Crippen LogP contribution is -2.58. The highest BCUT2D eigenvalue weighted by atomic mass is 16.5. The molecule has 0 radical (unpaired) electrons. The summed E-state index contributed by atoms with van der Waals surface area (Å²) >= 11 is 0. The van der Waals surface area contributed by atoms with Crippen molar-refractivity contribution in [2.24, 2.45) is 5.41 Å². The van der Waals surface area contributed by atoms with Crippen LogP contribution in [0.25, 0.3) is 0 Å². The van der Waals surface area contributed by atoms with Gasteiger partial charge in [0.2, 0.25) is 0 Å². The Morgan fingerprint density at radius 2 is 2.11 bits per heavy atom. The van der Waals surface area contributed by atoms with Crippen molar-refractivity contribution in [3.05, 3.63) is 29.8 Å². The van der Waals surface area contributed by atoms with Gasteiger partial charge in [-0.3, -0.25) is 0 Å². The van der Waals surface area contributed by atoms with Gasteiger partial charge in [0, 0.05) is 23.8 Å². The number of nitrogens with one attached hydrogen (secondary N) is 1. The van der Waals surface area contributed by atoms with Gasteiger partial charge in [0.25, 0.3) is 0 Å². The third-order valence-electron chi connectivity index (χ3n) is 4.22. The molecule has 0 saturated heterocycles. The lowest BCUT2D eigenvalue weighted by molar-refractivity contribution is -0.0975. The molecule has 1 aliphatic rings. The maximum Gasteiger partial charge on any atom is 0.0665 e. The molecule has 0 amide bonds. The summed E-state index contributed by atoms with van der Waals surface area (Å²) in [7, 11) is 0. The Labute approximate surface area is 111 Å². The highest BCUT2D eigenvalue weighted by Gasteiger charge is 2.48. The van der Waals surface area contributed by atoms with Crippen molar-refractivity contribution in [3.63, 3.8) is 0 Å². The maximum atomic E-state index is 5.77. The minimum atomic E-state index is 0.220. The van der Waals surface area contributed by atoms with Crippen LogP contribution < -0.4 is 5.32 Å². The SMILES string of the molecule is CCOC1CC(Nc2cccc(CC)c2)C1(C)C. The zero-order valence-corrected chi connectivity index (χ0v) is 12.0. The molecule has 0 aliphatic heterocycles. The number of anilines is 1. The Hall–Kier alpha value is -1.02. The molecule has 1 saturated carbocycles. The molecule has 1 aromatic rings. The first kappa shape index (κ1) is 13.4. The van der Waals surface area contributed by atoms with Crippen molar-refractivity contribution in [2.45, 2.75) is 52.7 Å². The van der Waals surface area contributed by atoms with E-state index in [4.69, 9.17) is 4.74 Å². The summed E-state index contributed by atoms with van der Waals surface area (Å²) in [4.78, 5) is 0. The zero-order valence-electron chi connectivity index (χ0n) is 12.0. The van der Waals surface area contributed by atoms with Gasteiger partial charge in [-0.25, -0.2) is 0 Å². The highest BCUT2D eigenvalue weighted by molar-refractivity contribution is 5.47. The van der Waals surface area contributed by atoms with Crippen LogP contribution in [0, 0.1) is 5.41 Å². The normalized spacial score (nSPS) is 25.6. The molecule has 100 valence electrons. The van der Waals surface area contributed by atoms with Gasteiger partial charge in [-0.05, 0) is 37.5 Å². The Morgan fingerprint density at radius 1 is 1.33 bits per heavy atom. The summed E-state index contributed by atoms with van der Waals surface area (Å²) in [5, 5.41) is 3.65. The standard InChI is InChI=1S/C16H25NO/c1-5-12-8-7-9-13(10-12)17-14-11-15(18-6-2)16(14,3)4/h7-10,14-15,17H,5-6,11H2,1-4H3. The summed E-state index contributed by atoms with van der Waals surface area (Å²) in [5.41, 5.74) is 2.85. The van der Waals surface area contributed by atoms with Crippen LogP contribution in [0.4, 0.5) is 5.69 Å². The fraction of sp³-hybridized carbons (Fsp3) is 0.625. The Balaban J connectivity index is 1.98. The zero-order chi connectivity index (χ0) is 13.2. The van der Waals surface area contributed by atoms with Crippen molar-refractivity contribution in [1.29, 1.82) is 0 Å². The second kappa shape index (κ2) is 5.31. The molecular weight excluding hydrogens is 222 g/mol. The Bertz CT molecular complexity index is 400. The summed E-state index contributed by atoms with van der Waals surface area (Å²) < 4.78 is 5.77. The lowest BCUT2D eigenvalue weighted by atomic mass is 9.64. The van der Waals surface area contributed by atoms with E-state index in [-0.39, 0.29) is 5.41 Å². The molecule has 1 aromatic carbocycles. The van der Waals surface area contributed by atoms with Gasteiger partial charge in [-0.2, -0.15) is 0 Å². The average Bonchev–Trinajstić information content (AvgIpc) is 2.38. The average molecular weight is 247 g/mol. The van der Waals surface area contributed by atoms with Crippen LogP contribution in [0.5, 0.6) is 0 Å². The first-order chi connectivity index (χ1) is 8.57. The summed E-state index contributed by atoms with van der Waals surface area (Å²) in [5.74, 6) is 0. The molecule has 0 heterocycles. The van der Waals surface area contributed by atoms with E-state index in [9.17, 15) is 0 Å². The third kappa shape index (κ3) is 2.54. The van der Waals surface area contributed by atoms with E-state index in [1.165, 1.54) is 11.3 Å². The molecule has 2 nitrogen and oxygen atoms in total. The number of hydrogen-bond acceptors (Lipinski definition) is 2. The molecule has 1 N–H and O–H groups in total. The van der Waals surface area contributed by atoms with Crippen LogP contribution in [0.2, 0.25) is 0 Å². The van der Waals surface area contributed by atoms with Gasteiger partial charge in [0.05, 0.1) is 6.10 Å². The summed E-state index contributed by atoms with van der Waals surface area (Å²) in [6, 6.07) is 9.24. The minimum absolute atomic E-state index is 0.220. The molecule has 1 fully saturated rings. The van der Waals surface area contributed by atoms with Crippen LogP contribution in [0.1, 0.15) is 39.7 Å². The van der Waals surface area contributed by atoms with Gasteiger partial charge in [-0.15, -0.1) is 0 Å². The van der Waals surface area contributed by atoms with E-state index in [0.29, 0.717) is 12.1 Å². The maximum absolute atomic E-state index is 5.77. The number of hydrogen-bond donors (Lipinski definition) is 1. The fourth-order valence-corrected chi connectivity index (χ4v) is 2.70. The van der Waals surface area contributed by atoms with Crippen LogP contribution in [0.3, 0.4) is 0 Å². The molecule has 2 rings (SSSR count). The lowest BCUT2D eigenvalue weighted by Gasteiger charge is -2.52. The predicted octanol–water partition coefficient (Wildman–Crippen LogP) is 3.86. The number of ether oxygens (including phenoxy) is 1. The number of benzene rings is 1. The molecule has 0 spiro atoms. The molecule has 2 unspecified atom stereocenters. The van der Waals surface area contributed by atoms with Crippen molar-refractivity contribution < 1.29 is 4.74 Å². The van der Waals surface area contributed by atoms with Gasteiger partial charge < -0.3 is 10.1 Å². The van der Waals surface area contributed by atoms with Crippen molar-refractivity contribution in [1.82, 2.24) is 0 Å². The molecule has 2 atom stereocenters. The van der Waals surface area contributed by atoms with Gasteiger partial charge in [-0.1, -0.05) is 32.9 Å². The van der Waals surface area contributed by atoms with E-state index in [1.807, 2.05) is 0 Å². The molecule has 18 heavy (non-hydrogen) atoms. The van der Waals surface area contributed by atoms with Gasteiger partial charge >= 0.3 is 0 Å². The first-order valence-electron chi connectivity index (χ1n) is 7.05. The minimum Gasteiger partial charge on any atom is -0.382 e. The van der Waals surface area contributed by atoms with E-state index >= 15 is 0 Å². The monoisotopic (exact) mass is 247 g/mol. The van der Waals surface area contributed by atoms with E-state index in [2.05, 4.69) is 57.3 Å². The van der Waals surface area contributed by atoms with Crippen molar-refractivity contribution in [2.75, 3.05) is 11.9 Å². The van der Waals surface area contributed by atoms with E-state index < -0.39 is 0 Å². The second-order valence-electron chi connectivity index (χ2n) is 5.75. The van der Waals surface area contributed by atoms with Crippen LogP contribution in [-0.4, -0.2) is 18.8 Å². The summed E-state index contributed by atoms with van der Waals surface area (Å²) in [6.07, 6.45) is 2.59.